The van der Waals surface area contributed by atoms with Crippen LogP contribution >= 0.6 is 0 Å². The molecule has 0 saturated heterocycles. The molecule has 128 valence electrons. The van der Waals surface area contributed by atoms with E-state index >= 15 is 0 Å². The summed E-state index contributed by atoms with van der Waals surface area (Å²) in [5.41, 5.74) is 3.87. The van der Waals surface area contributed by atoms with Crippen molar-refractivity contribution in [1.29, 1.82) is 0 Å². The molecule has 2 N–H and O–H groups in total. The average molecular weight is 343 g/mol. The van der Waals surface area contributed by atoms with Crippen molar-refractivity contribution in [3.8, 4) is 5.75 Å². The number of H-pyrrole nitrogens is 1. The van der Waals surface area contributed by atoms with Crippen LogP contribution in [0.2, 0.25) is 0 Å². The number of aromatic nitrogens is 2. The van der Waals surface area contributed by atoms with Gasteiger partial charge in [-0.2, -0.15) is 0 Å². The van der Waals surface area contributed by atoms with Crippen LogP contribution in [0, 0.1) is 0 Å². The number of anilines is 2. The van der Waals surface area contributed by atoms with E-state index in [9.17, 15) is 4.79 Å². The van der Waals surface area contributed by atoms with Gasteiger partial charge in [-0.3, -0.25) is 4.79 Å². The Bertz CT molecular complexity index is 1070. The van der Waals surface area contributed by atoms with Crippen LogP contribution in [0.3, 0.4) is 0 Å². The van der Waals surface area contributed by atoms with Crippen molar-refractivity contribution in [2.45, 2.75) is 0 Å². The lowest BCUT2D eigenvalue weighted by atomic mass is 10.0. The number of benzene rings is 2. The maximum Gasteiger partial charge on any atom is 0.193 e. The molecule has 2 aromatic carbocycles. The second-order valence-corrected chi connectivity index (χ2v) is 5.90. The molecule has 2 heterocycles. The van der Waals surface area contributed by atoms with Crippen molar-refractivity contribution in [3.05, 3.63) is 84.2 Å². The van der Waals surface area contributed by atoms with Gasteiger partial charge in [0.15, 0.2) is 5.78 Å². The molecule has 5 nitrogen and oxygen atoms in total. The lowest BCUT2D eigenvalue weighted by molar-refractivity contribution is 0.103. The SMILES string of the molecule is COc1cccc(C(=O)c2ccc(Nc3cnc4[nH]ccc4c3)cc2)c1. The summed E-state index contributed by atoms with van der Waals surface area (Å²) in [4.78, 5) is 20.0. The third kappa shape index (κ3) is 3.15. The van der Waals surface area contributed by atoms with Gasteiger partial charge in [0.2, 0.25) is 0 Å². The van der Waals surface area contributed by atoms with Crippen molar-refractivity contribution >= 4 is 28.2 Å². The number of aromatic amines is 1. The highest BCUT2D eigenvalue weighted by Crippen LogP contribution is 2.22. The smallest absolute Gasteiger partial charge is 0.193 e. The Morgan fingerprint density at radius 1 is 1.00 bits per heavy atom. The lowest BCUT2D eigenvalue weighted by Crippen LogP contribution is -2.02. The van der Waals surface area contributed by atoms with Gasteiger partial charge in [0.1, 0.15) is 11.4 Å². The van der Waals surface area contributed by atoms with E-state index in [1.165, 1.54) is 0 Å². The number of rotatable bonds is 5. The van der Waals surface area contributed by atoms with Crippen LogP contribution in [0.15, 0.2) is 73.1 Å². The molecule has 0 saturated carbocycles. The first-order chi connectivity index (χ1) is 12.7. The highest BCUT2D eigenvalue weighted by molar-refractivity contribution is 6.09. The Labute approximate surface area is 150 Å². The third-order valence-electron chi connectivity index (χ3n) is 4.17. The summed E-state index contributed by atoms with van der Waals surface area (Å²) in [6.07, 6.45) is 3.63. The zero-order valence-electron chi connectivity index (χ0n) is 14.2. The predicted octanol–water partition coefficient (Wildman–Crippen LogP) is 4.55. The summed E-state index contributed by atoms with van der Waals surface area (Å²) < 4.78 is 5.18. The minimum Gasteiger partial charge on any atom is -0.497 e. The molecule has 0 radical (unpaired) electrons. The van der Waals surface area contributed by atoms with Gasteiger partial charge in [-0.1, -0.05) is 12.1 Å². The summed E-state index contributed by atoms with van der Waals surface area (Å²) in [6, 6.07) is 18.5. The summed E-state index contributed by atoms with van der Waals surface area (Å²) in [7, 11) is 1.59. The Balaban J connectivity index is 1.53. The van der Waals surface area contributed by atoms with Crippen molar-refractivity contribution < 1.29 is 9.53 Å². The van der Waals surface area contributed by atoms with Crippen molar-refractivity contribution in [2.24, 2.45) is 0 Å². The first kappa shape index (κ1) is 15.9. The summed E-state index contributed by atoms with van der Waals surface area (Å²) in [5, 5.41) is 4.34. The van der Waals surface area contributed by atoms with Crippen LogP contribution < -0.4 is 10.1 Å². The second kappa shape index (κ2) is 6.72. The van der Waals surface area contributed by atoms with Crippen LogP contribution in [0.5, 0.6) is 5.75 Å². The van der Waals surface area contributed by atoms with E-state index in [4.69, 9.17) is 4.74 Å². The van der Waals surface area contributed by atoms with Crippen LogP contribution in [-0.2, 0) is 0 Å². The topological polar surface area (TPSA) is 67.0 Å². The number of methoxy groups -OCH3 is 1. The predicted molar refractivity (Wildman–Crippen MR) is 102 cm³/mol. The van der Waals surface area contributed by atoms with E-state index in [1.54, 1.807) is 25.4 Å². The molecule has 0 fully saturated rings. The van der Waals surface area contributed by atoms with Crippen molar-refractivity contribution in [3.63, 3.8) is 0 Å². The van der Waals surface area contributed by atoms with Gasteiger partial charge in [0.05, 0.1) is 19.0 Å². The Morgan fingerprint density at radius 3 is 2.65 bits per heavy atom. The molecule has 0 amide bonds. The van der Waals surface area contributed by atoms with Crippen molar-refractivity contribution in [2.75, 3.05) is 12.4 Å². The van der Waals surface area contributed by atoms with E-state index in [-0.39, 0.29) is 5.78 Å². The molecular weight excluding hydrogens is 326 g/mol. The first-order valence-electron chi connectivity index (χ1n) is 8.22. The van der Waals surface area contributed by atoms with Crippen LogP contribution in [-0.4, -0.2) is 22.9 Å². The molecule has 0 aliphatic carbocycles. The summed E-state index contributed by atoms with van der Waals surface area (Å²) in [5.74, 6) is 0.632. The highest BCUT2D eigenvalue weighted by Gasteiger charge is 2.10. The number of nitrogens with one attached hydrogen (secondary N) is 2. The Morgan fingerprint density at radius 2 is 1.85 bits per heavy atom. The fourth-order valence-corrected chi connectivity index (χ4v) is 2.81. The zero-order valence-corrected chi connectivity index (χ0v) is 14.2. The standard InChI is InChI=1S/C21H17N3O2/c1-26-19-4-2-3-15(12-19)20(25)14-5-7-17(8-6-14)24-18-11-16-9-10-22-21(16)23-13-18/h2-13,24H,1H3,(H,22,23). The molecule has 0 aliphatic rings. The molecule has 5 heteroatoms. The molecular formula is C21H17N3O2. The first-order valence-corrected chi connectivity index (χ1v) is 8.22. The Hall–Kier alpha value is -3.60. The fraction of sp³-hybridized carbons (Fsp3) is 0.0476. The summed E-state index contributed by atoms with van der Waals surface area (Å²) >= 11 is 0. The number of pyridine rings is 1. The quantitative estimate of drug-likeness (QED) is 0.522. The largest absolute Gasteiger partial charge is 0.497 e. The monoisotopic (exact) mass is 343 g/mol. The number of ether oxygens (including phenoxy) is 1. The number of nitrogens with zero attached hydrogens (tertiary/aromatic N) is 1. The third-order valence-corrected chi connectivity index (χ3v) is 4.17. The van der Waals surface area contributed by atoms with Gasteiger partial charge < -0.3 is 15.0 Å². The van der Waals surface area contributed by atoms with Crippen molar-refractivity contribution in [1.82, 2.24) is 9.97 Å². The Kier molecular flexibility index (Phi) is 4.11. The van der Waals surface area contributed by atoms with Gasteiger partial charge in [-0.15, -0.1) is 0 Å². The van der Waals surface area contributed by atoms with E-state index < -0.39 is 0 Å². The number of carbonyl (C=O) groups excluding carboxylic acids is 1. The molecule has 4 aromatic rings. The highest BCUT2D eigenvalue weighted by atomic mass is 16.5. The van der Waals surface area contributed by atoms with E-state index in [0.717, 1.165) is 22.4 Å². The second-order valence-electron chi connectivity index (χ2n) is 5.90. The van der Waals surface area contributed by atoms with E-state index in [0.29, 0.717) is 16.9 Å². The van der Waals surface area contributed by atoms with E-state index in [1.807, 2.05) is 54.7 Å². The van der Waals surface area contributed by atoms with Gasteiger partial charge in [-0.05, 0) is 48.5 Å². The normalized spacial score (nSPS) is 10.7. The van der Waals surface area contributed by atoms with Gasteiger partial charge >= 0.3 is 0 Å². The molecule has 0 spiro atoms. The fourth-order valence-electron chi connectivity index (χ4n) is 2.81. The maximum atomic E-state index is 12.6. The lowest BCUT2D eigenvalue weighted by Gasteiger charge is -2.08. The number of ketones is 1. The average Bonchev–Trinajstić information content (AvgIpc) is 3.16. The molecule has 0 aliphatic heterocycles. The molecule has 0 bridgehead atoms. The van der Waals surface area contributed by atoms with Crippen LogP contribution in [0.25, 0.3) is 11.0 Å². The molecule has 2 aromatic heterocycles. The number of carbonyl (C=O) groups is 1. The van der Waals surface area contributed by atoms with Crippen LogP contribution in [0.1, 0.15) is 15.9 Å². The molecule has 26 heavy (non-hydrogen) atoms. The molecule has 0 atom stereocenters. The minimum atomic E-state index is -0.0362. The number of fused-ring (bicyclic) bond motifs is 1. The minimum absolute atomic E-state index is 0.0362. The van der Waals surface area contributed by atoms with E-state index in [2.05, 4.69) is 15.3 Å². The van der Waals surface area contributed by atoms with Gasteiger partial charge in [0.25, 0.3) is 0 Å². The van der Waals surface area contributed by atoms with Crippen LogP contribution in [0.4, 0.5) is 11.4 Å². The number of hydrogen-bond acceptors (Lipinski definition) is 4. The van der Waals surface area contributed by atoms with Gasteiger partial charge in [0, 0.05) is 28.4 Å². The molecule has 0 unspecified atom stereocenters. The molecule has 4 rings (SSSR count). The zero-order chi connectivity index (χ0) is 17.9. The maximum absolute atomic E-state index is 12.6. The summed E-state index contributed by atoms with van der Waals surface area (Å²) in [6.45, 7) is 0. The van der Waals surface area contributed by atoms with Gasteiger partial charge in [-0.25, -0.2) is 4.98 Å². The number of hydrogen-bond donors (Lipinski definition) is 2.